The predicted molar refractivity (Wildman–Crippen MR) is 67.9 cm³/mol. The van der Waals surface area contributed by atoms with Gasteiger partial charge in [-0.2, -0.15) is 11.3 Å². The molecule has 0 fully saturated rings. The summed E-state index contributed by atoms with van der Waals surface area (Å²) in [5.41, 5.74) is 0.903. The van der Waals surface area contributed by atoms with E-state index in [9.17, 15) is 9.90 Å². The van der Waals surface area contributed by atoms with Crippen LogP contribution in [0, 0.1) is 5.92 Å². The summed E-state index contributed by atoms with van der Waals surface area (Å²) in [6.45, 7) is 4.14. The number of aliphatic hydroxyl groups excluding tert-OH is 1. The topological polar surface area (TPSA) is 58.6 Å². The van der Waals surface area contributed by atoms with Crippen molar-refractivity contribution >= 4 is 17.3 Å². The van der Waals surface area contributed by atoms with E-state index in [0.29, 0.717) is 6.54 Å². The maximum Gasteiger partial charge on any atom is 0.309 e. The minimum atomic E-state index is -0.534. The molecule has 0 bridgehead atoms. The van der Waals surface area contributed by atoms with Gasteiger partial charge in [-0.3, -0.25) is 4.79 Å². The van der Waals surface area contributed by atoms with Crippen LogP contribution >= 0.6 is 11.3 Å². The van der Waals surface area contributed by atoms with Gasteiger partial charge in [-0.25, -0.2) is 0 Å². The molecule has 0 aliphatic rings. The molecule has 2 N–H and O–H groups in total. The Morgan fingerprint density at radius 3 is 2.82 bits per heavy atom. The number of nitrogens with one attached hydrogen (secondary N) is 1. The standard InChI is InChI=1S/C12H19NO3S/c1-8(12(15)16-3)9(2)13-6-11(14)10-4-5-17-7-10/h4-5,7-9,11,13-14H,6H2,1-3H3. The minimum absolute atomic E-state index is 0.0317. The first-order chi connectivity index (χ1) is 8.06. The fraction of sp³-hybridized carbons (Fsp3) is 0.583. The molecule has 1 aromatic heterocycles. The second-order valence-electron chi connectivity index (χ2n) is 4.08. The lowest BCUT2D eigenvalue weighted by atomic mass is 10.0. The monoisotopic (exact) mass is 257 g/mol. The molecule has 0 saturated heterocycles. The average molecular weight is 257 g/mol. The molecule has 96 valence electrons. The van der Waals surface area contributed by atoms with Crippen LogP contribution in [0.3, 0.4) is 0 Å². The van der Waals surface area contributed by atoms with Crippen LogP contribution in [-0.4, -0.2) is 30.8 Å². The second-order valence-corrected chi connectivity index (χ2v) is 4.86. The van der Waals surface area contributed by atoms with Gasteiger partial charge in [-0.05, 0) is 29.3 Å². The number of thiophene rings is 1. The Balaban J connectivity index is 2.37. The molecule has 1 aromatic rings. The van der Waals surface area contributed by atoms with Crippen molar-refractivity contribution in [3.05, 3.63) is 22.4 Å². The Kier molecular flexibility index (Phi) is 5.61. The molecule has 0 spiro atoms. The number of hydrogen-bond acceptors (Lipinski definition) is 5. The molecule has 17 heavy (non-hydrogen) atoms. The summed E-state index contributed by atoms with van der Waals surface area (Å²) in [7, 11) is 1.38. The maximum atomic E-state index is 11.3. The Hall–Kier alpha value is -0.910. The predicted octanol–water partition coefficient (Wildman–Crippen LogP) is 1.57. The van der Waals surface area contributed by atoms with Gasteiger partial charge in [0.1, 0.15) is 0 Å². The third-order valence-corrected chi connectivity index (χ3v) is 3.59. The van der Waals surface area contributed by atoms with E-state index in [0.717, 1.165) is 5.56 Å². The van der Waals surface area contributed by atoms with Gasteiger partial charge < -0.3 is 15.2 Å². The van der Waals surface area contributed by atoms with Crippen LogP contribution in [0.4, 0.5) is 0 Å². The lowest BCUT2D eigenvalue weighted by Gasteiger charge is -2.20. The first-order valence-electron chi connectivity index (χ1n) is 5.57. The highest BCUT2D eigenvalue weighted by molar-refractivity contribution is 7.07. The van der Waals surface area contributed by atoms with E-state index in [1.54, 1.807) is 18.3 Å². The molecule has 0 aromatic carbocycles. The molecule has 4 nitrogen and oxygen atoms in total. The van der Waals surface area contributed by atoms with E-state index in [2.05, 4.69) is 10.1 Å². The summed E-state index contributed by atoms with van der Waals surface area (Å²) in [4.78, 5) is 11.3. The summed E-state index contributed by atoms with van der Waals surface area (Å²) < 4.78 is 4.67. The normalized spacial score (nSPS) is 16.2. The fourth-order valence-electron chi connectivity index (χ4n) is 1.45. The number of rotatable bonds is 6. The van der Waals surface area contributed by atoms with E-state index in [-0.39, 0.29) is 17.9 Å². The van der Waals surface area contributed by atoms with Crippen molar-refractivity contribution in [2.75, 3.05) is 13.7 Å². The summed E-state index contributed by atoms with van der Waals surface area (Å²) in [6, 6.07) is 1.86. The van der Waals surface area contributed by atoms with Crippen molar-refractivity contribution in [2.24, 2.45) is 5.92 Å². The smallest absolute Gasteiger partial charge is 0.309 e. The molecule has 0 saturated carbocycles. The van der Waals surface area contributed by atoms with Crippen LogP contribution in [0.25, 0.3) is 0 Å². The van der Waals surface area contributed by atoms with Crippen molar-refractivity contribution in [3.8, 4) is 0 Å². The van der Waals surface area contributed by atoms with E-state index in [4.69, 9.17) is 0 Å². The second kappa shape index (κ2) is 6.74. The average Bonchev–Trinajstić information content (AvgIpc) is 2.87. The number of ether oxygens (including phenoxy) is 1. The molecule has 1 rings (SSSR count). The van der Waals surface area contributed by atoms with E-state index in [1.807, 2.05) is 23.8 Å². The maximum absolute atomic E-state index is 11.3. The first kappa shape index (κ1) is 14.2. The molecule has 0 aliphatic carbocycles. The van der Waals surface area contributed by atoms with E-state index < -0.39 is 6.10 Å². The largest absolute Gasteiger partial charge is 0.469 e. The van der Waals surface area contributed by atoms with Crippen LogP contribution in [0.2, 0.25) is 0 Å². The van der Waals surface area contributed by atoms with Crippen LogP contribution < -0.4 is 5.32 Å². The van der Waals surface area contributed by atoms with Gasteiger partial charge in [0.15, 0.2) is 0 Å². The fourth-order valence-corrected chi connectivity index (χ4v) is 2.15. The highest BCUT2D eigenvalue weighted by Crippen LogP contribution is 2.15. The van der Waals surface area contributed by atoms with Crippen LogP contribution in [0.15, 0.2) is 16.8 Å². The quantitative estimate of drug-likeness (QED) is 0.759. The summed E-state index contributed by atoms with van der Waals surface area (Å²) >= 11 is 1.56. The number of methoxy groups -OCH3 is 1. The zero-order valence-corrected chi connectivity index (χ0v) is 11.2. The van der Waals surface area contributed by atoms with Gasteiger partial charge in [0.2, 0.25) is 0 Å². The summed E-state index contributed by atoms with van der Waals surface area (Å²) in [6.07, 6.45) is -0.534. The van der Waals surface area contributed by atoms with Crippen molar-refractivity contribution in [1.29, 1.82) is 0 Å². The van der Waals surface area contributed by atoms with Crippen LogP contribution in [-0.2, 0) is 9.53 Å². The van der Waals surface area contributed by atoms with Crippen molar-refractivity contribution < 1.29 is 14.6 Å². The van der Waals surface area contributed by atoms with Crippen molar-refractivity contribution in [2.45, 2.75) is 26.0 Å². The van der Waals surface area contributed by atoms with E-state index in [1.165, 1.54) is 7.11 Å². The van der Waals surface area contributed by atoms with Gasteiger partial charge in [0, 0.05) is 12.6 Å². The molecule has 3 atom stereocenters. The van der Waals surface area contributed by atoms with Crippen molar-refractivity contribution in [1.82, 2.24) is 5.32 Å². The van der Waals surface area contributed by atoms with Gasteiger partial charge in [0.25, 0.3) is 0 Å². The lowest BCUT2D eigenvalue weighted by Crippen LogP contribution is -2.38. The number of hydrogen-bond donors (Lipinski definition) is 2. The van der Waals surface area contributed by atoms with E-state index >= 15 is 0 Å². The Morgan fingerprint density at radius 1 is 1.59 bits per heavy atom. The SMILES string of the molecule is COC(=O)C(C)C(C)NCC(O)c1ccsc1. The summed E-state index contributed by atoms with van der Waals surface area (Å²) in [5.74, 6) is -0.468. The molecule has 0 amide bonds. The molecular formula is C12H19NO3S. The highest BCUT2D eigenvalue weighted by atomic mass is 32.1. The van der Waals surface area contributed by atoms with Gasteiger partial charge >= 0.3 is 5.97 Å². The number of carbonyl (C=O) groups is 1. The van der Waals surface area contributed by atoms with Crippen LogP contribution in [0.5, 0.6) is 0 Å². The Labute approximate surface area is 106 Å². The Morgan fingerprint density at radius 2 is 2.29 bits per heavy atom. The third kappa shape index (κ3) is 4.11. The van der Waals surface area contributed by atoms with Gasteiger partial charge in [0.05, 0.1) is 19.1 Å². The third-order valence-electron chi connectivity index (χ3n) is 2.88. The molecule has 0 aliphatic heterocycles. The lowest BCUT2D eigenvalue weighted by molar-refractivity contribution is -0.145. The molecule has 3 unspecified atom stereocenters. The highest BCUT2D eigenvalue weighted by Gasteiger charge is 2.21. The van der Waals surface area contributed by atoms with Gasteiger partial charge in [-0.1, -0.05) is 6.92 Å². The van der Waals surface area contributed by atoms with Gasteiger partial charge in [-0.15, -0.1) is 0 Å². The molecular weight excluding hydrogens is 238 g/mol. The molecule has 5 heteroatoms. The zero-order valence-electron chi connectivity index (χ0n) is 10.3. The minimum Gasteiger partial charge on any atom is -0.469 e. The zero-order chi connectivity index (χ0) is 12.8. The van der Waals surface area contributed by atoms with Crippen molar-refractivity contribution in [3.63, 3.8) is 0 Å². The number of carbonyl (C=O) groups excluding carboxylic acids is 1. The first-order valence-corrected chi connectivity index (χ1v) is 6.52. The summed E-state index contributed by atoms with van der Waals surface area (Å²) in [5, 5.41) is 16.9. The molecule has 1 heterocycles. The molecule has 0 radical (unpaired) electrons. The number of esters is 1. The number of aliphatic hydroxyl groups is 1. The van der Waals surface area contributed by atoms with Crippen LogP contribution in [0.1, 0.15) is 25.5 Å². The Bertz CT molecular complexity index is 340.